The van der Waals surface area contributed by atoms with Gasteiger partial charge in [0.05, 0.1) is 41.3 Å². The second-order valence-corrected chi connectivity index (χ2v) is 20.6. The molecule has 4 aliphatic rings. The maximum atomic E-state index is 15.7. The quantitative estimate of drug-likeness (QED) is 0.192. The van der Waals surface area contributed by atoms with Crippen molar-refractivity contribution >= 4 is 32.0 Å². The first kappa shape index (κ1) is 38.5. The second kappa shape index (κ2) is 13.1. The zero-order valence-electron chi connectivity index (χ0n) is 30.7. The molecule has 1 aromatic rings. The van der Waals surface area contributed by atoms with Gasteiger partial charge in [0.15, 0.2) is 25.8 Å². The van der Waals surface area contributed by atoms with Crippen molar-refractivity contribution in [3.8, 4) is 0 Å². The van der Waals surface area contributed by atoms with Gasteiger partial charge in [-0.05, 0) is 44.1 Å². The first-order chi connectivity index (χ1) is 23.2. The number of aliphatic hydroxyl groups is 3. The highest BCUT2D eigenvalue weighted by molar-refractivity contribution is 6.73. The summed E-state index contributed by atoms with van der Waals surface area (Å²) in [5.41, 5.74) is -9.00. The molecule has 1 aliphatic heterocycles. The van der Waals surface area contributed by atoms with E-state index in [4.69, 9.17) is 23.4 Å². The maximum Gasteiger partial charge on any atom is 0.338 e. The summed E-state index contributed by atoms with van der Waals surface area (Å²) >= 11 is 0. The van der Waals surface area contributed by atoms with E-state index in [0.717, 1.165) is 25.1 Å². The molecule has 2 bridgehead atoms. The van der Waals surface area contributed by atoms with E-state index in [9.17, 15) is 29.7 Å². The fraction of sp³-hybridized carbons (Fsp3) is 0.730. The van der Waals surface area contributed by atoms with E-state index in [-0.39, 0.29) is 18.6 Å². The number of esters is 3. The summed E-state index contributed by atoms with van der Waals surface area (Å²) < 4.78 is 31.8. The third-order valence-electron chi connectivity index (χ3n) is 13.1. The Morgan fingerprint density at radius 2 is 1.52 bits per heavy atom. The topological polar surface area (TPSA) is 175 Å². The van der Waals surface area contributed by atoms with Crippen molar-refractivity contribution in [1.82, 2.24) is 0 Å². The maximum absolute atomic E-state index is 15.7. The monoisotopic (exact) mass is 718 g/mol. The van der Waals surface area contributed by atoms with Crippen molar-refractivity contribution in [1.29, 1.82) is 0 Å². The predicted octanol–water partition coefficient (Wildman–Crippen LogP) is 3.73. The van der Waals surface area contributed by atoms with Crippen molar-refractivity contribution in [3.63, 3.8) is 0 Å². The molecule has 4 fully saturated rings. The lowest BCUT2D eigenvalue weighted by Gasteiger charge is -2.70. The Hall–Kier alpha value is -2.68. The highest BCUT2D eigenvalue weighted by Gasteiger charge is 2.81. The minimum Gasteiger partial charge on any atom is -0.455 e. The van der Waals surface area contributed by atoms with Crippen LogP contribution in [0.5, 0.6) is 0 Å². The molecule has 0 unspecified atom stereocenters. The standard InChI is InChI=1S/C37H54O12Si/c1-10-50(11-2,12-3)49-25-18-26-36(20-45-26,48-22(5)39)29-31(47-32(42)23-16-14-13-15-17-23)37(44)19-24(40)35(9,43)28(33(37,6)7)27(46-21(4)38)30(41)34(25,29)8/h13-17,24-29,31,40,43-44H,10-12,18-20H2,1-9H3/t24-,25-,26+,27+,28+,29-,31-,34+,35-,36-,37+/m0/s1. The Balaban J connectivity index is 1.88. The molecule has 3 saturated carbocycles. The third kappa shape index (κ3) is 5.58. The number of rotatable bonds is 9. The molecule has 0 amide bonds. The van der Waals surface area contributed by atoms with E-state index in [1.165, 1.54) is 13.8 Å². The molecular weight excluding hydrogens is 664 g/mol. The van der Waals surface area contributed by atoms with Crippen LogP contribution in [-0.2, 0) is 37.8 Å². The van der Waals surface area contributed by atoms with Gasteiger partial charge >= 0.3 is 17.9 Å². The van der Waals surface area contributed by atoms with Gasteiger partial charge in [0.1, 0.15) is 17.8 Å². The van der Waals surface area contributed by atoms with E-state index < -0.39 is 108 Å². The number of hydrogen-bond acceptors (Lipinski definition) is 12. The van der Waals surface area contributed by atoms with Gasteiger partial charge in [-0.3, -0.25) is 14.4 Å². The van der Waals surface area contributed by atoms with Crippen LogP contribution in [-0.4, -0.2) is 101 Å². The van der Waals surface area contributed by atoms with Crippen LogP contribution >= 0.6 is 0 Å². The molecule has 5 rings (SSSR count). The van der Waals surface area contributed by atoms with Gasteiger partial charge in [0.25, 0.3) is 0 Å². The number of Topliss-reactive ketones (excluding diaryl/α,β-unsaturated/α-hetero) is 1. The van der Waals surface area contributed by atoms with Crippen LogP contribution in [0.1, 0.15) is 85.5 Å². The number of ether oxygens (including phenoxy) is 4. The Labute approximate surface area is 295 Å². The molecule has 3 N–H and O–H groups in total. The number of hydrogen-bond donors (Lipinski definition) is 3. The number of aliphatic hydroxyl groups excluding tert-OH is 1. The van der Waals surface area contributed by atoms with Crippen LogP contribution in [0.15, 0.2) is 30.3 Å². The lowest BCUT2D eigenvalue weighted by atomic mass is 9.41. The van der Waals surface area contributed by atoms with E-state index in [2.05, 4.69) is 0 Å². The molecule has 12 nitrogen and oxygen atoms in total. The van der Waals surface area contributed by atoms with Crippen LogP contribution in [0.2, 0.25) is 18.1 Å². The smallest absolute Gasteiger partial charge is 0.338 e. The van der Waals surface area contributed by atoms with Crippen molar-refractivity contribution in [2.45, 2.75) is 141 Å². The van der Waals surface area contributed by atoms with Crippen molar-refractivity contribution in [2.75, 3.05) is 6.61 Å². The zero-order chi connectivity index (χ0) is 37.2. The predicted molar refractivity (Wildman–Crippen MR) is 182 cm³/mol. The molecule has 3 aliphatic carbocycles. The first-order valence-corrected chi connectivity index (χ1v) is 20.3. The average molecular weight is 719 g/mol. The van der Waals surface area contributed by atoms with Gasteiger partial charge in [-0.2, -0.15) is 0 Å². The van der Waals surface area contributed by atoms with Gasteiger partial charge in [0, 0.05) is 38.0 Å². The summed E-state index contributed by atoms with van der Waals surface area (Å²) in [5, 5.41) is 37.0. The minimum absolute atomic E-state index is 0.123. The fourth-order valence-electron chi connectivity index (χ4n) is 9.95. The highest BCUT2D eigenvalue weighted by Crippen LogP contribution is 2.66. The number of benzene rings is 1. The number of ketones is 1. The SMILES string of the molecule is CC[Si](CC)(CC)O[C@H]1C[C@H]2OC[C@@]2(OC(C)=O)[C@H]2[C@H](OC(=O)c3ccccc3)[C@]3(O)C[C@H](O)[C@](C)(O)[C@H]([C@@H](OC(C)=O)C(=O)[C@]12C)C3(C)C. The summed E-state index contributed by atoms with van der Waals surface area (Å²) in [7, 11) is -2.53. The van der Waals surface area contributed by atoms with Crippen LogP contribution < -0.4 is 0 Å². The van der Waals surface area contributed by atoms with Gasteiger partial charge < -0.3 is 38.7 Å². The molecule has 50 heavy (non-hydrogen) atoms. The summed E-state index contributed by atoms with van der Waals surface area (Å²) in [5.74, 6) is -5.64. The Morgan fingerprint density at radius 1 is 0.920 bits per heavy atom. The van der Waals surface area contributed by atoms with Crippen LogP contribution in [0.3, 0.4) is 0 Å². The molecule has 278 valence electrons. The number of fused-ring (bicyclic) bond motifs is 5. The Morgan fingerprint density at radius 3 is 2.02 bits per heavy atom. The lowest BCUT2D eigenvalue weighted by Crippen LogP contribution is -2.84. The van der Waals surface area contributed by atoms with E-state index in [1.54, 1.807) is 51.1 Å². The van der Waals surface area contributed by atoms with Gasteiger partial charge in [-0.25, -0.2) is 4.79 Å². The average Bonchev–Trinajstić information content (AvgIpc) is 3.04. The third-order valence-corrected chi connectivity index (χ3v) is 17.7. The summed E-state index contributed by atoms with van der Waals surface area (Å²) in [4.78, 5) is 55.7. The molecule has 1 aromatic carbocycles. The summed E-state index contributed by atoms with van der Waals surface area (Å²) in [6, 6.07) is 10.3. The second-order valence-electron chi connectivity index (χ2n) is 15.9. The minimum atomic E-state index is -2.53. The van der Waals surface area contributed by atoms with Gasteiger partial charge in [-0.1, -0.05) is 52.8 Å². The molecular formula is C37H54O12Si. The molecule has 11 atom stereocenters. The number of carbonyl (C=O) groups is 4. The van der Waals surface area contributed by atoms with Crippen molar-refractivity contribution in [2.24, 2.45) is 22.7 Å². The van der Waals surface area contributed by atoms with Crippen molar-refractivity contribution < 1.29 is 57.9 Å². The molecule has 1 saturated heterocycles. The van der Waals surface area contributed by atoms with Gasteiger partial charge in [0.2, 0.25) is 0 Å². The van der Waals surface area contributed by atoms with Gasteiger partial charge in [-0.15, -0.1) is 0 Å². The lowest BCUT2D eigenvalue weighted by molar-refractivity contribution is -0.361. The largest absolute Gasteiger partial charge is 0.455 e. The number of carbonyl (C=O) groups excluding carboxylic acids is 4. The first-order valence-electron chi connectivity index (χ1n) is 17.8. The van der Waals surface area contributed by atoms with E-state index in [1.807, 2.05) is 20.8 Å². The van der Waals surface area contributed by atoms with Crippen LogP contribution in [0.25, 0.3) is 0 Å². The van der Waals surface area contributed by atoms with Crippen molar-refractivity contribution in [3.05, 3.63) is 35.9 Å². The highest BCUT2D eigenvalue weighted by atomic mass is 28.4. The summed E-state index contributed by atoms with van der Waals surface area (Å²) in [6.45, 7) is 14.6. The van der Waals surface area contributed by atoms with Crippen LogP contribution in [0, 0.1) is 22.7 Å². The zero-order valence-corrected chi connectivity index (χ0v) is 31.7. The Bertz CT molecular complexity index is 1480. The molecule has 1 heterocycles. The van der Waals surface area contributed by atoms with E-state index >= 15 is 4.79 Å². The Kier molecular flexibility index (Phi) is 10.1. The molecule has 13 heteroatoms. The fourth-order valence-corrected chi connectivity index (χ4v) is 12.9. The summed E-state index contributed by atoms with van der Waals surface area (Å²) in [6.07, 6.45) is -7.06. The molecule has 0 radical (unpaired) electrons. The van der Waals surface area contributed by atoms with Crippen LogP contribution in [0.4, 0.5) is 0 Å². The molecule has 0 aromatic heterocycles. The molecule has 0 spiro atoms. The normalized spacial score (nSPS) is 40.6. The van der Waals surface area contributed by atoms with E-state index in [0.29, 0.717) is 0 Å².